The van der Waals surface area contributed by atoms with Gasteiger partial charge in [-0.1, -0.05) is 25.4 Å². The van der Waals surface area contributed by atoms with E-state index < -0.39 is 32.7 Å². The summed E-state index contributed by atoms with van der Waals surface area (Å²) in [6, 6.07) is 3.67. The van der Waals surface area contributed by atoms with Crippen LogP contribution in [0.15, 0.2) is 35.4 Å². The molecule has 0 bridgehead atoms. The molecule has 1 atom stereocenters. The van der Waals surface area contributed by atoms with Crippen LogP contribution < -0.4 is 10.0 Å². The number of aromatic nitrogens is 2. The van der Waals surface area contributed by atoms with Gasteiger partial charge in [-0.3, -0.25) is 9.89 Å². The Morgan fingerprint density at radius 3 is 2.64 bits per heavy atom. The van der Waals surface area contributed by atoms with Gasteiger partial charge in [-0.05, 0) is 30.5 Å². The molecule has 136 valence electrons. The molecular formula is C15H18ClFN4O3S. The van der Waals surface area contributed by atoms with Crippen molar-refractivity contribution in [3.05, 3.63) is 41.3 Å². The maximum Gasteiger partial charge on any atom is 0.244 e. The van der Waals surface area contributed by atoms with Gasteiger partial charge < -0.3 is 5.32 Å². The van der Waals surface area contributed by atoms with Crippen LogP contribution in [0.2, 0.25) is 5.02 Å². The Hall–Kier alpha value is -1.97. The molecule has 0 radical (unpaired) electrons. The predicted octanol–water partition coefficient (Wildman–Crippen LogP) is 2.53. The lowest BCUT2D eigenvalue weighted by atomic mass is 10.0. The molecule has 0 saturated heterocycles. The maximum atomic E-state index is 13.9. The van der Waals surface area contributed by atoms with E-state index in [9.17, 15) is 17.6 Å². The van der Waals surface area contributed by atoms with Crippen LogP contribution in [0.5, 0.6) is 0 Å². The highest BCUT2D eigenvalue weighted by Crippen LogP contribution is 2.20. The van der Waals surface area contributed by atoms with Crippen molar-refractivity contribution in [1.82, 2.24) is 14.9 Å². The molecule has 1 unspecified atom stereocenters. The fraction of sp³-hybridized carbons (Fsp3) is 0.333. The SMILES string of the molecule is CC(C)CC(NS(=O)(=O)c1ccc(Cl)cc1F)C(=O)Nc1ccn[nH]1. The van der Waals surface area contributed by atoms with E-state index in [0.29, 0.717) is 5.82 Å². The molecular weight excluding hydrogens is 371 g/mol. The number of carbonyl (C=O) groups excluding carboxylic acids is 1. The molecule has 1 amide bonds. The van der Waals surface area contributed by atoms with Crippen LogP contribution in [0.25, 0.3) is 0 Å². The van der Waals surface area contributed by atoms with Gasteiger partial charge in [0.15, 0.2) is 0 Å². The molecule has 1 aromatic carbocycles. The van der Waals surface area contributed by atoms with Crippen molar-refractivity contribution in [2.75, 3.05) is 5.32 Å². The standard InChI is InChI=1S/C15H18ClFN4O3S/c1-9(2)7-12(15(22)19-14-5-6-18-20-14)21-25(23,24)13-4-3-10(16)8-11(13)17/h3-6,8-9,12,21H,7H2,1-2H3,(H2,18,19,20,22). The highest BCUT2D eigenvalue weighted by Gasteiger charge is 2.28. The highest BCUT2D eigenvalue weighted by atomic mass is 35.5. The molecule has 0 saturated carbocycles. The lowest BCUT2D eigenvalue weighted by Crippen LogP contribution is -2.44. The summed E-state index contributed by atoms with van der Waals surface area (Å²) < 4.78 is 41.1. The number of sulfonamides is 1. The third kappa shape index (κ3) is 5.25. The fourth-order valence-corrected chi connectivity index (χ4v) is 3.60. The van der Waals surface area contributed by atoms with Crippen LogP contribution >= 0.6 is 11.6 Å². The van der Waals surface area contributed by atoms with Crippen molar-refractivity contribution in [3.63, 3.8) is 0 Å². The molecule has 10 heteroatoms. The molecule has 1 aromatic heterocycles. The number of H-pyrrole nitrogens is 1. The predicted molar refractivity (Wildman–Crippen MR) is 92.2 cm³/mol. The molecule has 0 aliphatic rings. The number of nitrogens with zero attached hydrogens (tertiary/aromatic N) is 1. The van der Waals surface area contributed by atoms with Gasteiger partial charge in [0.2, 0.25) is 15.9 Å². The smallest absolute Gasteiger partial charge is 0.244 e. The minimum Gasteiger partial charge on any atom is -0.310 e. The molecule has 3 N–H and O–H groups in total. The summed E-state index contributed by atoms with van der Waals surface area (Å²) in [5.74, 6) is -1.21. The lowest BCUT2D eigenvalue weighted by Gasteiger charge is -2.20. The lowest BCUT2D eigenvalue weighted by molar-refractivity contribution is -0.118. The Morgan fingerprint density at radius 2 is 2.08 bits per heavy atom. The van der Waals surface area contributed by atoms with Crippen LogP contribution in [-0.4, -0.2) is 30.6 Å². The average Bonchev–Trinajstić information content (AvgIpc) is 2.98. The summed E-state index contributed by atoms with van der Waals surface area (Å²) in [5, 5.41) is 8.85. The molecule has 0 fully saturated rings. The first-order chi connectivity index (χ1) is 11.7. The Kier molecular flexibility index (Phi) is 6.15. The number of hydrogen-bond acceptors (Lipinski definition) is 4. The third-order valence-corrected chi connectivity index (χ3v) is 5.00. The number of amides is 1. The summed E-state index contributed by atoms with van der Waals surface area (Å²) in [7, 11) is -4.25. The second-order valence-corrected chi connectivity index (χ2v) is 7.96. The summed E-state index contributed by atoms with van der Waals surface area (Å²) >= 11 is 5.64. The van der Waals surface area contributed by atoms with Crippen molar-refractivity contribution in [1.29, 1.82) is 0 Å². The number of anilines is 1. The summed E-state index contributed by atoms with van der Waals surface area (Å²) in [6.07, 6.45) is 1.68. The average molecular weight is 389 g/mol. The monoisotopic (exact) mass is 388 g/mol. The number of benzene rings is 1. The van der Waals surface area contributed by atoms with Crippen LogP contribution in [0, 0.1) is 11.7 Å². The Labute approximate surface area is 150 Å². The van der Waals surface area contributed by atoms with Crippen LogP contribution in [0.1, 0.15) is 20.3 Å². The van der Waals surface area contributed by atoms with E-state index in [0.717, 1.165) is 12.1 Å². The Balaban J connectivity index is 2.24. The van der Waals surface area contributed by atoms with E-state index in [4.69, 9.17) is 11.6 Å². The first-order valence-corrected chi connectivity index (χ1v) is 9.33. The first kappa shape index (κ1) is 19.4. The quantitative estimate of drug-likeness (QED) is 0.677. The fourth-order valence-electron chi connectivity index (χ4n) is 2.17. The van der Waals surface area contributed by atoms with Crippen LogP contribution in [-0.2, 0) is 14.8 Å². The minimum atomic E-state index is -4.25. The van der Waals surface area contributed by atoms with E-state index in [-0.39, 0.29) is 17.4 Å². The van der Waals surface area contributed by atoms with E-state index >= 15 is 0 Å². The number of hydrogen-bond donors (Lipinski definition) is 3. The topological polar surface area (TPSA) is 104 Å². The first-order valence-electron chi connectivity index (χ1n) is 7.46. The molecule has 0 aliphatic carbocycles. The number of aromatic amines is 1. The minimum absolute atomic E-state index is 0.0234. The highest BCUT2D eigenvalue weighted by molar-refractivity contribution is 7.89. The molecule has 2 aromatic rings. The van der Waals surface area contributed by atoms with Crippen LogP contribution in [0.3, 0.4) is 0 Å². The largest absolute Gasteiger partial charge is 0.310 e. The molecule has 0 spiro atoms. The van der Waals surface area contributed by atoms with Gasteiger partial charge >= 0.3 is 0 Å². The zero-order chi connectivity index (χ0) is 18.6. The van der Waals surface area contributed by atoms with Crippen molar-refractivity contribution < 1.29 is 17.6 Å². The van der Waals surface area contributed by atoms with Gasteiger partial charge in [-0.15, -0.1) is 0 Å². The number of nitrogens with one attached hydrogen (secondary N) is 3. The zero-order valence-electron chi connectivity index (χ0n) is 13.6. The van der Waals surface area contributed by atoms with E-state index in [1.165, 1.54) is 18.3 Å². The van der Waals surface area contributed by atoms with Gasteiger partial charge in [0, 0.05) is 11.1 Å². The summed E-state index contributed by atoms with van der Waals surface area (Å²) in [5.41, 5.74) is 0. The van der Waals surface area contributed by atoms with Gasteiger partial charge in [0.1, 0.15) is 22.6 Å². The van der Waals surface area contributed by atoms with Crippen molar-refractivity contribution in [3.8, 4) is 0 Å². The van der Waals surface area contributed by atoms with E-state index in [1.807, 2.05) is 13.8 Å². The molecule has 2 rings (SSSR count). The number of rotatable bonds is 7. The number of carbonyl (C=O) groups is 1. The van der Waals surface area contributed by atoms with Gasteiger partial charge in [0.05, 0.1) is 6.20 Å². The molecule has 7 nitrogen and oxygen atoms in total. The van der Waals surface area contributed by atoms with Gasteiger partial charge in [-0.25, -0.2) is 12.8 Å². The van der Waals surface area contributed by atoms with Crippen molar-refractivity contribution >= 4 is 33.3 Å². The zero-order valence-corrected chi connectivity index (χ0v) is 15.2. The Morgan fingerprint density at radius 1 is 1.36 bits per heavy atom. The summed E-state index contributed by atoms with van der Waals surface area (Å²) in [4.78, 5) is 11.8. The van der Waals surface area contributed by atoms with Gasteiger partial charge in [-0.2, -0.15) is 9.82 Å². The maximum absolute atomic E-state index is 13.9. The molecule has 1 heterocycles. The number of halogens is 2. The summed E-state index contributed by atoms with van der Waals surface area (Å²) in [6.45, 7) is 3.68. The van der Waals surface area contributed by atoms with E-state index in [2.05, 4.69) is 20.2 Å². The second-order valence-electron chi connectivity index (χ2n) is 5.84. The molecule has 25 heavy (non-hydrogen) atoms. The Bertz CT molecular complexity index is 840. The van der Waals surface area contributed by atoms with Crippen molar-refractivity contribution in [2.24, 2.45) is 5.92 Å². The third-order valence-electron chi connectivity index (χ3n) is 3.26. The normalized spacial score (nSPS) is 13.0. The van der Waals surface area contributed by atoms with E-state index in [1.54, 1.807) is 0 Å². The second kappa shape index (κ2) is 7.94. The van der Waals surface area contributed by atoms with Crippen molar-refractivity contribution in [2.45, 2.75) is 31.2 Å². The van der Waals surface area contributed by atoms with Crippen LogP contribution in [0.4, 0.5) is 10.2 Å². The van der Waals surface area contributed by atoms with Gasteiger partial charge in [0.25, 0.3) is 0 Å². The molecule has 0 aliphatic heterocycles.